The lowest BCUT2D eigenvalue weighted by Gasteiger charge is -2.41. The van der Waals surface area contributed by atoms with Crippen molar-refractivity contribution in [2.75, 3.05) is 5.32 Å². The molecule has 0 saturated heterocycles. The van der Waals surface area contributed by atoms with Gasteiger partial charge in [0.05, 0.1) is 0 Å². The molecule has 1 N–H and O–H groups in total. The smallest absolute Gasteiger partial charge is 0.0342 e. The Hall–Kier alpha value is -0.980. The Balaban J connectivity index is 2.07. The van der Waals surface area contributed by atoms with E-state index in [0.29, 0.717) is 11.5 Å². The molecule has 1 saturated carbocycles. The van der Waals surface area contributed by atoms with Gasteiger partial charge in [0.25, 0.3) is 0 Å². The van der Waals surface area contributed by atoms with Crippen molar-refractivity contribution in [2.45, 2.75) is 52.5 Å². The highest BCUT2D eigenvalue weighted by molar-refractivity contribution is 5.43. The van der Waals surface area contributed by atoms with Gasteiger partial charge in [0.15, 0.2) is 0 Å². The molecule has 94 valence electrons. The van der Waals surface area contributed by atoms with Crippen LogP contribution in [0, 0.1) is 11.3 Å². The number of nitrogens with one attached hydrogen (secondary N) is 1. The molecule has 0 bridgehead atoms. The van der Waals surface area contributed by atoms with Crippen LogP contribution in [0.4, 0.5) is 5.69 Å². The van der Waals surface area contributed by atoms with E-state index in [9.17, 15) is 0 Å². The van der Waals surface area contributed by atoms with E-state index < -0.39 is 0 Å². The van der Waals surface area contributed by atoms with E-state index in [1.807, 2.05) is 0 Å². The first-order valence-corrected chi connectivity index (χ1v) is 6.89. The summed E-state index contributed by atoms with van der Waals surface area (Å²) < 4.78 is 0. The molecular formula is C16H25N. The largest absolute Gasteiger partial charge is 0.382 e. The molecule has 0 aliphatic heterocycles. The van der Waals surface area contributed by atoms with Crippen LogP contribution in [0.1, 0.15) is 46.5 Å². The third-order valence-electron chi connectivity index (χ3n) is 4.00. The number of para-hydroxylation sites is 1. The van der Waals surface area contributed by atoms with Crippen LogP contribution in [-0.4, -0.2) is 6.04 Å². The van der Waals surface area contributed by atoms with Gasteiger partial charge < -0.3 is 5.32 Å². The summed E-state index contributed by atoms with van der Waals surface area (Å²) in [6, 6.07) is 11.3. The summed E-state index contributed by atoms with van der Waals surface area (Å²) in [5.41, 5.74) is 1.68. The normalized spacial score (nSPS) is 25.6. The number of rotatable bonds is 2. The van der Waals surface area contributed by atoms with E-state index in [-0.39, 0.29) is 0 Å². The van der Waals surface area contributed by atoms with Gasteiger partial charge in [-0.2, -0.15) is 0 Å². The van der Waals surface area contributed by atoms with Crippen LogP contribution >= 0.6 is 0 Å². The van der Waals surface area contributed by atoms with Gasteiger partial charge >= 0.3 is 0 Å². The Kier molecular flexibility index (Phi) is 3.76. The van der Waals surface area contributed by atoms with Gasteiger partial charge in [-0.05, 0) is 36.3 Å². The van der Waals surface area contributed by atoms with Gasteiger partial charge in [0.2, 0.25) is 0 Å². The van der Waals surface area contributed by atoms with Crippen LogP contribution in [0.3, 0.4) is 0 Å². The van der Waals surface area contributed by atoms with E-state index in [1.165, 1.54) is 31.4 Å². The van der Waals surface area contributed by atoms with Crippen LogP contribution in [0.2, 0.25) is 0 Å². The van der Waals surface area contributed by atoms with Crippen molar-refractivity contribution in [2.24, 2.45) is 11.3 Å². The highest BCUT2D eigenvalue weighted by atomic mass is 14.9. The van der Waals surface area contributed by atoms with Gasteiger partial charge in [-0.15, -0.1) is 0 Å². The number of anilines is 1. The molecule has 1 aromatic rings. The highest BCUT2D eigenvalue weighted by Crippen LogP contribution is 2.39. The molecule has 1 aliphatic carbocycles. The maximum absolute atomic E-state index is 3.74. The maximum atomic E-state index is 3.74. The fourth-order valence-electron chi connectivity index (χ4n) is 3.09. The lowest BCUT2D eigenvalue weighted by Crippen LogP contribution is -2.39. The minimum atomic E-state index is 0.410. The van der Waals surface area contributed by atoms with Gasteiger partial charge in [-0.25, -0.2) is 0 Å². The third-order valence-corrected chi connectivity index (χ3v) is 4.00. The Morgan fingerprint density at radius 3 is 2.29 bits per heavy atom. The average Bonchev–Trinajstić information content (AvgIpc) is 2.30. The molecule has 2 atom stereocenters. The van der Waals surface area contributed by atoms with Gasteiger partial charge in [-0.3, -0.25) is 0 Å². The molecule has 0 aromatic heterocycles. The minimum Gasteiger partial charge on any atom is -0.382 e. The van der Waals surface area contributed by atoms with E-state index in [4.69, 9.17) is 0 Å². The van der Waals surface area contributed by atoms with E-state index in [0.717, 1.165) is 5.92 Å². The summed E-state index contributed by atoms with van der Waals surface area (Å²) in [6.07, 6.45) is 5.46. The lowest BCUT2D eigenvalue weighted by molar-refractivity contribution is 0.163. The predicted octanol–water partition coefficient (Wildman–Crippen LogP) is 4.70. The molecular weight excluding hydrogens is 206 g/mol. The topological polar surface area (TPSA) is 12.0 Å². The fraction of sp³-hybridized carbons (Fsp3) is 0.625. The SMILES string of the molecule is CC(C)(C)C1CCCCC1Nc1ccccc1. The van der Waals surface area contributed by atoms with Gasteiger partial charge in [0, 0.05) is 11.7 Å². The van der Waals surface area contributed by atoms with Crippen LogP contribution in [0.25, 0.3) is 0 Å². The number of hydrogen-bond donors (Lipinski definition) is 1. The molecule has 0 radical (unpaired) electrons. The molecule has 2 rings (SSSR count). The first-order chi connectivity index (χ1) is 8.07. The molecule has 17 heavy (non-hydrogen) atoms. The van der Waals surface area contributed by atoms with Crippen LogP contribution in [0.15, 0.2) is 30.3 Å². The summed E-state index contributed by atoms with van der Waals surface area (Å²) in [5.74, 6) is 0.788. The number of hydrogen-bond acceptors (Lipinski definition) is 1. The molecule has 1 fully saturated rings. The molecule has 1 heteroatoms. The molecule has 1 aliphatic rings. The lowest BCUT2D eigenvalue weighted by atomic mass is 9.69. The molecule has 0 amide bonds. The molecule has 0 spiro atoms. The second-order valence-corrected chi connectivity index (χ2v) is 6.37. The summed E-state index contributed by atoms with van der Waals surface area (Å²) in [4.78, 5) is 0. The summed E-state index contributed by atoms with van der Waals surface area (Å²) in [5, 5.41) is 3.74. The third kappa shape index (κ3) is 3.24. The van der Waals surface area contributed by atoms with Gasteiger partial charge in [-0.1, -0.05) is 51.8 Å². The van der Waals surface area contributed by atoms with E-state index in [2.05, 4.69) is 56.4 Å². The Bertz CT molecular complexity index is 336. The Morgan fingerprint density at radius 1 is 1.00 bits per heavy atom. The van der Waals surface area contributed by atoms with Crippen molar-refractivity contribution >= 4 is 5.69 Å². The Labute approximate surface area is 106 Å². The Morgan fingerprint density at radius 2 is 1.65 bits per heavy atom. The second kappa shape index (κ2) is 5.12. The molecule has 2 unspecified atom stereocenters. The standard InChI is InChI=1S/C16H25N/c1-16(2,3)14-11-7-8-12-15(14)17-13-9-5-4-6-10-13/h4-6,9-10,14-15,17H,7-8,11-12H2,1-3H3. The molecule has 1 aromatic carbocycles. The first kappa shape index (κ1) is 12.5. The first-order valence-electron chi connectivity index (χ1n) is 6.89. The maximum Gasteiger partial charge on any atom is 0.0342 e. The zero-order valence-corrected chi connectivity index (χ0v) is 11.4. The quantitative estimate of drug-likeness (QED) is 0.777. The van der Waals surface area contributed by atoms with Crippen molar-refractivity contribution in [3.63, 3.8) is 0 Å². The average molecular weight is 231 g/mol. The van der Waals surface area contributed by atoms with Crippen molar-refractivity contribution in [3.05, 3.63) is 30.3 Å². The number of benzene rings is 1. The van der Waals surface area contributed by atoms with E-state index >= 15 is 0 Å². The fourth-order valence-corrected chi connectivity index (χ4v) is 3.09. The van der Waals surface area contributed by atoms with Crippen LogP contribution in [0.5, 0.6) is 0 Å². The van der Waals surface area contributed by atoms with Crippen LogP contribution in [-0.2, 0) is 0 Å². The van der Waals surface area contributed by atoms with Crippen molar-refractivity contribution in [1.29, 1.82) is 0 Å². The predicted molar refractivity (Wildman–Crippen MR) is 75.3 cm³/mol. The monoisotopic (exact) mass is 231 g/mol. The second-order valence-electron chi connectivity index (χ2n) is 6.37. The summed E-state index contributed by atoms with van der Waals surface area (Å²) in [7, 11) is 0. The summed E-state index contributed by atoms with van der Waals surface area (Å²) in [6.45, 7) is 7.13. The van der Waals surface area contributed by atoms with Crippen LogP contribution < -0.4 is 5.32 Å². The van der Waals surface area contributed by atoms with Gasteiger partial charge in [0.1, 0.15) is 0 Å². The summed E-state index contributed by atoms with van der Waals surface area (Å²) >= 11 is 0. The van der Waals surface area contributed by atoms with Crippen molar-refractivity contribution in [3.8, 4) is 0 Å². The van der Waals surface area contributed by atoms with Crippen molar-refractivity contribution < 1.29 is 0 Å². The zero-order valence-electron chi connectivity index (χ0n) is 11.4. The van der Waals surface area contributed by atoms with Crippen molar-refractivity contribution in [1.82, 2.24) is 0 Å². The van der Waals surface area contributed by atoms with E-state index in [1.54, 1.807) is 0 Å². The molecule has 0 heterocycles. The zero-order chi connectivity index (χ0) is 12.3. The highest BCUT2D eigenvalue weighted by Gasteiger charge is 2.33. The minimum absolute atomic E-state index is 0.410. The molecule has 1 nitrogen and oxygen atoms in total.